The van der Waals surface area contributed by atoms with Gasteiger partial charge in [-0.3, -0.25) is 10.1 Å². The molecule has 1 rings (SSSR count). The van der Waals surface area contributed by atoms with Crippen LogP contribution in [0.25, 0.3) is 0 Å². The second-order valence-electron chi connectivity index (χ2n) is 3.32. The number of halogens is 1. The molecule has 0 saturated carbocycles. The van der Waals surface area contributed by atoms with Crippen LogP contribution in [-0.4, -0.2) is 36.0 Å². The van der Waals surface area contributed by atoms with Crippen molar-refractivity contribution < 1.29 is 14.3 Å². The number of nitrogens with one attached hydrogen (secondary N) is 1. The van der Waals surface area contributed by atoms with Gasteiger partial charge in [-0.05, 0) is 0 Å². The van der Waals surface area contributed by atoms with E-state index in [9.17, 15) is 4.79 Å². The van der Waals surface area contributed by atoms with Crippen molar-refractivity contribution in [1.82, 2.24) is 9.97 Å². The van der Waals surface area contributed by atoms with Crippen molar-refractivity contribution in [2.24, 2.45) is 5.92 Å². The molecule has 0 bridgehead atoms. The lowest BCUT2D eigenvalue weighted by atomic mass is 10.2. The summed E-state index contributed by atoms with van der Waals surface area (Å²) in [5.74, 6) is 0.403. The quantitative estimate of drug-likeness (QED) is 0.807. The van der Waals surface area contributed by atoms with Gasteiger partial charge in [0.05, 0.1) is 20.3 Å². The summed E-state index contributed by atoms with van der Waals surface area (Å²) in [5.41, 5.74) is 0. The fourth-order valence-electron chi connectivity index (χ4n) is 0.972. The second kappa shape index (κ2) is 6.24. The molecule has 1 aromatic heterocycles. The SMILES string of the molecule is COc1cc(OC)nc(NC(=O)C(C)CCl)n1. The molecule has 1 amide bonds. The molecule has 1 heterocycles. The lowest BCUT2D eigenvalue weighted by Gasteiger charge is -2.09. The highest BCUT2D eigenvalue weighted by atomic mass is 35.5. The van der Waals surface area contributed by atoms with Gasteiger partial charge in [-0.2, -0.15) is 9.97 Å². The highest BCUT2D eigenvalue weighted by Crippen LogP contribution is 2.17. The smallest absolute Gasteiger partial charge is 0.236 e. The summed E-state index contributed by atoms with van der Waals surface area (Å²) in [6.45, 7) is 1.71. The van der Waals surface area contributed by atoms with Gasteiger partial charge in [0.25, 0.3) is 0 Å². The van der Waals surface area contributed by atoms with E-state index in [1.807, 2.05) is 0 Å². The molecule has 0 aromatic carbocycles. The predicted octanol–water partition coefficient (Wildman–Crippen LogP) is 1.31. The summed E-state index contributed by atoms with van der Waals surface area (Å²) < 4.78 is 9.91. The third kappa shape index (κ3) is 3.74. The van der Waals surface area contributed by atoms with Crippen LogP contribution in [0.3, 0.4) is 0 Å². The Balaban J connectivity index is 2.86. The Morgan fingerprint density at radius 3 is 2.35 bits per heavy atom. The summed E-state index contributed by atoms with van der Waals surface area (Å²) >= 11 is 5.58. The third-order valence-electron chi connectivity index (χ3n) is 2.01. The first-order valence-corrected chi connectivity index (χ1v) is 5.48. The fourth-order valence-corrected chi connectivity index (χ4v) is 1.11. The standard InChI is InChI=1S/C10H14ClN3O3/c1-6(5-11)9(15)14-10-12-7(16-2)4-8(13-10)17-3/h4,6H,5H2,1-3H3,(H,12,13,14,15). The zero-order chi connectivity index (χ0) is 12.8. The van der Waals surface area contributed by atoms with Gasteiger partial charge in [0, 0.05) is 11.8 Å². The molecule has 0 spiro atoms. The molecule has 1 atom stereocenters. The minimum atomic E-state index is -0.322. The third-order valence-corrected chi connectivity index (χ3v) is 2.47. The second-order valence-corrected chi connectivity index (χ2v) is 3.63. The number of hydrogen-bond donors (Lipinski definition) is 1. The van der Waals surface area contributed by atoms with Crippen molar-refractivity contribution in [1.29, 1.82) is 0 Å². The summed E-state index contributed by atoms with van der Waals surface area (Å²) in [7, 11) is 2.93. The van der Waals surface area contributed by atoms with Crippen LogP contribution in [0.1, 0.15) is 6.92 Å². The van der Waals surface area contributed by atoms with E-state index in [0.717, 1.165) is 0 Å². The van der Waals surface area contributed by atoms with E-state index in [-0.39, 0.29) is 23.7 Å². The van der Waals surface area contributed by atoms with Gasteiger partial charge in [-0.25, -0.2) is 0 Å². The molecule has 1 unspecified atom stereocenters. The number of rotatable bonds is 5. The largest absolute Gasteiger partial charge is 0.481 e. The highest BCUT2D eigenvalue weighted by molar-refractivity contribution is 6.19. The minimum absolute atomic E-state index is 0.128. The van der Waals surface area contributed by atoms with Gasteiger partial charge in [0.15, 0.2) is 0 Å². The van der Waals surface area contributed by atoms with Crippen molar-refractivity contribution in [2.75, 3.05) is 25.4 Å². The topological polar surface area (TPSA) is 73.3 Å². The normalized spacial score (nSPS) is 11.8. The van der Waals surface area contributed by atoms with Crippen LogP contribution < -0.4 is 14.8 Å². The van der Waals surface area contributed by atoms with Gasteiger partial charge < -0.3 is 9.47 Å². The van der Waals surface area contributed by atoms with Crippen molar-refractivity contribution in [3.8, 4) is 11.8 Å². The number of nitrogens with zero attached hydrogens (tertiary/aromatic N) is 2. The van der Waals surface area contributed by atoms with Crippen molar-refractivity contribution >= 4 is 23.5 Å². The van der Waals surface area contributed by atoms with E-state index in [1.165, 1.54) is 20.3 Å². The van der Waals surface area contributed by atoms with E-state index in [4.69, 9.17) is 21.1 Å². The molecule has 0 aliphatic carbocycles. The maximum Gasteiger partial charge on any atom is 0.236 e. The average molecular weight is 260 g/mol. The van der Waals surface area contributed by atoms with Crippen LogP contribution in [0, 0.1) is 5.92 Å². The van der Waals surface area contributed by atoms with Crippen molar-refractivity contribution in [3.05, 3.63) is 6.07 Å². The summed E-state index contributed by atoms with van der Waals surface area (Å²) in [4.78, 5) is 19.5. The Kier molecular flexibility index (Phi) is 4.96. The van der Waals surface area contributed by atoms with E-state index in [1.54, 1.807) is 6.92 Å². The number of amides is 1. The molecule has 1 N–H and O–H groups in total. The van der Waals surface area contributed by atoms with Crippen LogP contribution in [0.15, 0.2) is 6.07 Å². The van der Waals surface area contributed by atoms with Gasteiger partial charge in [-0.1, -0.05) is 6.92 Å². The maximum atomic E-state index is 11.6. The van der Waals surface area contributed by atoms with E-state index < -0.39 is 0 Å². The van der Waals surface area contributed by atoms with Crippen LogP contribution in [0.5, 0.6) is 11.8 Å². The molecule has 0 radical (unpaired) electrons. The summed E-state index contributed by atoms with van der Waals surface area (Å²) in [6, 6.07) is 1.51. The molecular weight excluding hydrogens is 246 g/mol. The number of aromatic nitrogens is 2. The van der Waals surface area contributed by atoms with Crippen LogP contribution in [0.2, 0.25) is 0 Å². The Hall–Kier alpha value is -1.56. The Morgan fingerprint density at radius 1 is 1.41 bits per heavy atom. The monoisotopic (exact) mass is 259 g/mol. The summed E-state index contributed by atoms with van der Waals surface area (Å²) in [5, 5.41) is 2.54. The first kappa shape index (κ1) is 13.5. The number of carbonyl (C=O) groups is 1. The van der Waals surface area contributed by atoms with Crippen molar-refractivity contribution in [2.45, 2.75) is 6.92 Å². The molecule has 0 saturated heterocycles. The predicted molar refractivity (Wildman–Crippen MR) is 63.6 cm³/mol. The van der Waals surface area contributed by atoms with Gasteiger partial charge in [0.1, 0.15) is 0 Å². The number of anilines is 1. The molecule has 7 heteroatoms. The summed E-state index contributed by atoms with van der Waals surface area (Å²) in [6.07, 6.45) is 0. The minimum Gasteiger partial charge on any atom is -0.481 e. The van der Waals surface area contributed by atoms with E-state index >= 15 is 0 Å². The van der Waals surface area contributed by atoms with Gasteiger partial charge >= 0.3 is 0 Å². The van der Waals surface area contributed by atoms with Crippen LogP contribution in [-0.2, 0) is 4.79 Å². The molecule has 6 nitrogen and oxygen atoms in total. The lowest BCUT2D eigenvalue weighted by molar-refractivity contribution is -0.118. The molecular formula is C10H14ClN3O3. The lowest BCUT2D eigenvalue weighted by Crippen LogP contribution is -2.22. The number of hydrogen-bond acceptors (Lipinski definition) is 5. The van der Waals surface area contributed by atoms with E-state index in [0.29, 0.717) is 11.8 Å². The molecule has 0 aliphatic rings. The molecule has 1 aromatic rings. The molecule has 0 fully saturated rings. The fraction of sp³-hybridized carbons (Fsp3) is 0.500. The highest BCUT2D eigenvalue weighted by Gasteiger charge is 2.14. The maximum absolute atomic E-state index is 11.6. The molecule has 17 heavy (non-hydrogen) atoms. The zero-order valence-corrected chi connectivity index (χ0v) is 10.6. The van der Waals surface area contributed by atoms with Crippen LogP contribution >= 0.6 is 11.6 Å². The number of carbonyl (C=O) groups excluding carboxylic acids is 1. The van der Waals surface area contributed by atoms with Crippen molar-refractivity contribution in [3.63, 3.8) is 0 Å². The Labute approximate surface area is 104 Å². The van der Waals surface area contributed by atoms with Gasteiger partial charge in [-0.15, -0.1) is 11.6 Å². The number of methoxy groups -OCH3 is 2. The first-order chi connectivity index (χ1) is 8.10. The number of ether oxygens (including phenoxy) is 2. The average Bonchev–Trinajstić information content (AvgIpc) is 2.36. The van der Waals surface area contributed by atoms with E-state index in [2.05, 4.69) is 15.3 Å². The zero-order valence-electron chi connectivity index (χ0n) is 9.86. The number of alkyl halides is 1. The van der Waals surface area contributed by atoms with Gasteiger partial charge in [0.2, 0.25) is 23.6 Å². The molecule has 0 aliphatic heterocycles. The first-order valence-electron chi connectivity index (χ1n) is 4.94. The molecule has 94 valence electrons. The Morgan fingerprint density at radius 2 is 1.94 bits per heavy atom. The Bertz CT molecular complexity index is 378. The van der Waals surface area contributed by atoms with Crippen LogP contribution in [0.4, 0.5) is 5.95 Å².